The fourth-order valence-electron chi connectivity index (χ4n) is 4.11. The van der Waals surface area contributed by atoms with Gasteiger partial charge in [-0.05, 0) is 70.0 Å². The number of fused-ring (bicyclic) bond motifs is 2. The van der Waals surface area contributed by atoms with Crippen molar-refractivity contribution in [3.63, 3.8) is 0 Å². The first-order valence-electron chi connectivity index (χ1n) is 11.3. The number of nitrogens with one attached hydrogen (secondary N) is 1. The minimum atomic E-state index is -0.421. The van der Waals surface area contributed by atoms with E-state index < -0.39 is 5.63 Å². The molecule has 8 heteroatoms. The third-order valence-corrected chi connectivity index (χ3v) is 8.07. The number of amides is 1. The zero-order valence-corrected chi connectivity index (χ0v) is 23.0. The average Bonchev–Trinajstić information content (AvgIpc) is 3.34. The second-order valence-corrected chi connectivity index (χ2v) is 11.1. The summed E-state index contributed by atoms with van der Waals surface area (Å²) < 4.78 is 8.12. The van der Waals surface area contributed by atoms with Crippen molar-refractivity contribution in [1.29, 1.82) is 0 Å². The fourth-order valence-corrected chi connectivity index (χ4v) is 6.42. The number of carbonyl (C=O) groups is 1. The van der Waals surface area contributed by atoms with E-state index in [1.807, 2.05) is 54.6 Å². The van der Waals surface area contributed by atoms with Crippen LogP contribution in [0.5, 0.6) is 0 Å². The Bertz CT molecular complexity index is 1840. The molecule has 0 fully saturated rings. The molecule has 0 saturated carbocycles. The fraction of sp³-hybridized carbons (Fsp3) is 0. The Hall–Kier alpha value is -3.59. The van der Waals surface area contributed by atoms with Crippen LogP contribution in [0.2, 0.25) is 0 Å². The van der Waals surface area contributed by atoms with Gasteiger partial charge in [-0.2, -0.15) is 0 Å². The molecule has 0 unspecified atom stereocenters. The van der Waals surface area contributed by atoms with Gasteiger partial charge in [0, 0.05) is 25.5 Å². The molecule has 37 heavy (non-hydrogen) atoms. The summed E-state index contributed by atoms with van der Waals surface area (Å²) in [5.41, 5.74) is 4.04. The number of anilines is 1. The summed E-state index contributed by atoms with van der Waals surface area (Å²) in [5.74, 6) is -0.275. The molecular formula is C29H16Br2N2O3S. The van der Waals surface area contributed by atoms with Crippen molar-refractivity contribution in [2.75, 3.05) is 5.32 Å². The standard InChI is InChI=1S/C29H16Br2N2O3S/c30-19-14-21(28-32-23-6-2-4-8-25(23)37-28)26(22(31)15-19)33-27(34)17-11-9-16(10-12-17)20-13-18-5-1-3-7-24(18)36-29(20)35/h1-15H,(H,33,34). The van der Waals surface area contributed by atoms with Gasteiger partial charge >= 0.3 is 5.63 Å². The smallest absolute Gasteiger partial charge is 0.344 e. The highest BCUT2D eigenvalue weighted by atomic mass is 79.9. The molecule has 0 atom stereocenters. The summed E-state index contributed by atoms with van der Waals surface area (Å²) in [6, 6.07) is 27.8. The first-order valence-corrected chi connectivity index (χ1v) is 13.7. The summed E-state index contributed by atoms with van der Waals surface area (Å²) in [4.78, 5) is 30.6. The lowest BCUT2D eigenvalue weighted by molar-refractivity contribution is 0.102. The van der Waals surface area contributed by atoms with E-state index in [1.54, 1.807) is 47.7 Å². The van der Waals surface area contributed by atoms with Gasteiger partial charge in [0.05, 0.1) is 21.5 Å². The maximum atomic E-state index is 13.3. The Morgan fingerprint density at radius 1 is 0.865 bits per heavy atom. The Kier molecular flexibility index (Phi) is 6.24. The van der Waals surface area contributed by atoms with Crippen molar-refractivity contribution in [2.24, 2.45) is 0 Å². The zero-order valence-electron chi connectivity index (χ0n) is 19.0. The lowest BCUT2D eigenvalue weighted by Crippen LogP contribution is -2.13. The van der Waals surface area contributed by atoms with Crippen LogP contribution >= 0.6 is 43.2 Å². The van der Waals surface area contributed by atoms with Crippen molar-refractivity contribution in [3.05, 3.63) is 116 Å². The molecule has 0 saturated heterocycles. The van der Waals surface area contributed by atoms with Crippen LogP contribution in [0.1, 0.15) is 10.4 Å². The molecule has 6 aromatic rings. The van der Waals surface area contributed by atoms with Gasteiger partial charge in [-0.25, -0.2) is 9.78 Å². The molecule has 1 N–H and O–H groups in total. The number of aromatic nitrogens is 1. The molecule has 2 heterocycles. The quantitative estimate of drug-likeness (QED) is 0.198. The Morgan fingerprint density at radius 2 is 1.62 bits per heavy atom. The van der Waals surface area contributed by atoms with E-state index in [0.29, 0.717) is 28.0 Å². The van der Waals surface area contributed by atoms with Gasteiger partial charge in [-0.1, -0.05) is 58.4 Å². The van der Waals surface area contributed by atoms with Gasteiger partial charge in [0.1, 0.15) is 10.6 Å². The maximum absolute atomic E-state index is 13.3. The number of rotatable bonds is 4. The van der Waals surface area contributed by atoms with Crippen molar-refractivity contribution in [3.8, 4) is 21.7 Å². The predicted octanol–water partition coefficient (Wildman–Crippen LogP) is 8.51. The number of halogens is 2. The van der Waals surface area contributed by atoms with Crippen LogP contribution < -0.4 is 10.9 Å². The van der Waals surface area contributed by atoms with Crippen molar-refractivity contribution in [2.45, 2.75) is 0 Å². The normalized spacial score (nSPS) is 11.2. The number of benzene rings is 4. The topological polar surface area (TPSA) is 72.2 Å². The third kappa shape index (κ3) is 4.64. The molecule has 5 nitrogen and oxygen atoms in total. The highest BCUT2D eigenvalue weighted by Gasteiger charge is 2.18. The van der Waals surface area contributed by atoms with E-state index in [9.17, 15) is 9.59 Å². The summed E-state index contributed by atoms with van der Waals surface area (Å²) in [6.45, 7) is 0. The lowest BCUT2D eigenvalue weighted by Gasteiger charge is -2.13. The van der Waals surface area contributed by atoms with Gasteiger partial charge in [-0.3, -0.25) is 4.79 Å². The van der Waals surface area contributed by atoms with E-state index >= 15 is 0 Å². The van der Waals surface area contributed by atoms with Crippen LogP contribution in [0, 0.1) is 0 Å². The monoisotopic (exact) mass is 630 g/mol. The molecule has 0 bridgehead atoms. The number of hydrogen-bond donors (Lipinski definition) is 1. The van der Waals surface area contributed by atoms with Gasteiger partial charge < -0.3 is 9.73 Å². The first kappa shape index (κ1) is 23.8. The predicted molar refractivity (Wildman–Crippen MR) is 156 cm³/mol. The Morgan fingerprint density at radius 3 is 2.43 bits per heavy atom. The summed E-state index contributed by atoms with van der Waals surface area (Å²) in [5, 5.41) is 4.68. The van der Waals surface area contributed by atoms with E-state index in [-0.39, 0.29) is 5.91 Å². The summed E-state index contributed by atoms with van der Waals surface area (Å²) in [7, 11) is 0. The van der Waals surface area contributed by atoms with Crippen LogP contribution in [-0.4, -0.2) is 10.9 Å². The van der Waals surface area contributed by atoms with Crippen LogP contribution in [0.3, 0.4) is 0 Å². The minimum absolute atomic E-state index is 0.275. The van der Waals surface area contributed by atoms with E-state index in [1.165, 1.54) is 0 Å². The van der Waals surface area contributed by atoms with Crippen LogP contribution in [0.15, 0.2) is 109 Å². The second kappa shape index (κ2) is 9.70. The molecule has 0 aliphatic heterocycles. The van der Waals surface area contributed by atoms with E-state index in [4.69, 9.17) is 9.40 Å². The van der Waals surface area contributed by atoms with Crippen LogP contribution in [0.25, 0.3) is 42.9 Å². The number of thiazole rings is 1. The molecule has 0 spiro atoms. The molecule has 0 radical (unpaired) electrons. The summed E-state index contributed by atoms with van der Waals surface area (Å²) >= 11 is 8.71. The molecule has 2 aromatic heterocycles. The Labute approximate surface area is 232 Å². The van der Waals surface area contributed by atoms with Gasteiger partial charge in [0.25, 0.3) is 5.91 Å². The Balaban J connectivity index is 1.32. The molecule has 0 aliphatic carbocycles. The largest absolute Gasteiger partial charge is 0.422 e. The van der Waals surface area contributed by atoms with Gasteiger partial charge in [-0.15, -0.1) is 11.3 Å². The van der Waals surface area contributed by atoms with Crippen molar-refractivity contribution in [1.82, 2.24) is 4.98 Å². The molecule has 4 aromatic carbocycles. The molecule has 6 rings (SSSR count). The van der Waals surface area contributed by atoms with E-state index in [0.717, 1.165) is 35.1 Å². The molecule has 1 amide bonds. The molecular weight excluding hydrogens is 616 g/mol. The number of para-hydroxylation sites is 2. The SMILES string of the molecule is O=C(Nc1c(Br)cc(Br)cc1-c1nc2ccccc2s1)c1ccc(-c2cc3ccccc3oc2=O)cc1. The van der Waals surface area contributed by atoms with Crippen LogP contribution in [-0.2, 0) is 0 Å². The van der Waals surface area contributed by atoms with Gasteiger partial charge in [0.15, 0.2) is 0 Å². The third-order valence-electron chi connectivity index (χ3n) is 5.92. The van der Waals surface area contributed by atoms with Gasteiger partial charge in [0.2, 0.25) is 0 Å². The number of carbonyl (C=O) groups excluding carboxylic acids is 1. The number of hydrogen-bond acceptors (Lipinski definition) is 5. The minimum Gasteiger partial charge on any atom is -0.422 e. The van der Waals surface area contributed by atoms with E-state index in [2.05, 4.69) is 37.2 Å². The number of nitrogens with zero attached hydrogens (tertiary/aromatic N) is 1. The first-order chi connectivity index (χ1) is 18.0. The average molecular weight is 632 g/mol. The maximum Gasteiger partial charge on any atom is 0.344 e. The molecule has 180 valence electrons. The summed E-state index contributed by atoms with van der Waals surface area (Å²) in [6.07, 6.45) is 0. The zero-order chi connectivity index (χ0) is 25.5. The van der Waals surface area contributed by atoms with Crippen molar-refractivity contribution >= 4 is 76.0 Å². The highest BCUT2D eigenvalue weighted by molar-refractivity contribution is 9.11. The molecule has 0 aliphatic rings. The second-order valence-electron chi connectivity index (χ2n) is 8.31. The highest BCUT2D eigenvalue weighted by Crippen LogP contribution is 2.40. The van der Waals surface area contributed by atoms with Crippen molar-refractivity contribution < 1.29 is 9.21 Å². The lowest BCUT2D eigenvalue weighted by atomic mass is 10.0. The van der Waals surface area contributed by atoms with Crippen LogP contribution in [0.4, 0.5) is 5.69 Å².